The van der Waals surface area contributed by atoms with E-state index in [-0.39, 0.29) is 17.7 Å². The Morgan fingerprint density at radius 2 is 1.61 bits per heavy atom. The number of nitrogens with one attached hydrogen (secondary N) is 1. The Hall–Kier alpha value is -4.53. The molecule has 0 spiro atoms. The average Bonchev–Trinajstić information content (AvgIpc) is 3.20. The van der Waals surface area contributed by atoms with E-state index in [1.54, 1.807) is 31.2 Å². The summed E-state index contributed by atoms with van der Waals surface area (Å²) in [6.07, 6.45) is -1.96. The van der Waals surface area contributed by atoms with Crippen LogP contribution in [0, 0.1) is 18.6 Å². The molecule has 1 aromatic heterocycles. The lowest BCUT2D eigenvalue weighted by Crippen LogP contribution is -2.17. The lowest BCUT2D eigenvalue weighted by atomic mass is 10.0. The van der Waals surface area contributed by atoms with Crippen molar-refractivity contribution in [3.8, 4) is 22.4 Å². The number of aryl methyl sites for hydroxylation is 1. The van der Waals surface area contributed by atoms with Crippen molar-refractivity contribution < 1.29 is 32.7 Å². The number of hydrogen-bond donors (Lipinski definition) is 2. The Morgan fingerprint density at radius 3 is 2.25 bits per heavy atom. The zero-order valence-corrected chi connectivity index (χ0v) is 19.4. The van der Waals surface area contributed by atoms with Gasteiger partial charge in [0.15, 0.2) is 5.76 Å². The van der Waals surface area contributed by atoms with Crippen molar-refractivity contribution >= 4 is 17.7 Å². The Balaban J connectivity index is 1.48. The van der Waals surface area contributed by atoms with E-state index >= 15 is 0 Å². The number of carbonyl (C=O) groups excluding carboxylic acids is 1. The number of nitrogens with zero attached hydrogens (tertiary/aromatic N) is 1. The summed E-state index contributed by atoms with van der Waals surface area (Å²) in [5, 5.41) is 15.5. The van der Waals surface area contributed by atoms with E-state index in [1.165, 1.54) is 6.92 Å². The van der Waals surface area contributed by atoms with Gasteiger partial charge in [-0.3, -0.25) is 10.1 Å². The minimum absolute atomic E-state index is 0.0428. The zero-order chi connectivity index (χ0) is 25.8. The van der Waals surface area contributed by atoms with Crippen molar-refractivity contribution in [1.29, 1.82) is 0 Å². The van der Waals surface area contributed by atoms with Crippen molar-refractivity contribution in [2.24, 2.45) is 0 Å². The molecule has 0 saturated carbocycles. The van der Waals surface area contributed by atoms with Crippen LogP contribution in [0.15, 0.2) is 71.3 Å². The summed E-state index contributed by atoms with van der Waals surface area (Å²) in [7, 11) is 0. The summed E-state index contributed by atoms with van der Waals surface area (Å²) < 4.78 is 38.0. The van der Waals surface area contributed by atoms with Crippen LogP contribution in [0.1, 0.15) is 29.9 Å². The molecular formula is C27H22F2N2O5. The number of rotatable bonds is 7. The van der Waals surface area contributed by atoms with Gasteiger partial charge in [0.05, 0.1) is 6.42 Å². The molecule has 3 aromatic carbocycles. The molecule has 4 aromatic rings. The third-order valence-corrected chi connectivity index (χ3v) is 5.57. The van der Waals surface area contributed by atoms with Crippen LogP contribution < -0.4 is 5.32 Å². The van der Waals surface area contributed by atoms with Gasteiger partial charge >= 0.3 is 12.1 Å². The smallest absolute Gasteiger partial charge is 0.412 e. The topological polar surface area (TPSA) is 102 Å². The SMILES string of the molecule is Cc1onc(-c2ccc(-c3ccc(CC(=O)O)cc3)cc2)c1NC(=O)OC(C)c1cc(F)ccc1F. The maximum atomic E-state index is 14.0. The molecule has 0 aliphatic heterocycles. The summed E-state index contributed by atoms with van der Waals surface area (Å²) >= 11 is 0. The highest BCUT2D eigenvalue weighted by molar-refractivity contribution is 5.91. The highest BCUT2D eigenvalue weighted by atomic mass is 19.1. The second-order valence-corrected chi connectivity index (χ2v) is 8.15. The zero-order valence-electron chi connectivity index (χ0n) is 19.4. The first-order chi connectivity index (χ1) is 17.2. The van der Waals surface area contributed by atoms with Gasteiger partial charge in [0, 0.05) is 11.1 Å². The van der Waals surface area contributed by atoms with E-state index in [2.05, 4.69) is 10.5 Å². The number of carboxylic acids is 1. The summed E-state index contributed by atoms with van der Waals surface area (Å²) in [5.41, 5.74) is 3.76. The molecule has 0 aliphatic carbocycles. The molecule has 184 valence electrons. The van der Waals surface area contributed by atoms with E-state index < -0.39 is 29.8 Å². The predicted octanol–water partition coefficient (Wildman–Crippen LogP) is 6.53. The lowest BCUT2D eigenvalue weighted by molar-refractivity contribution is -0.136. The Kier molecular flexibility index (Phi) is 7.10. The second kappa shape index (κ2) is 10.4. The Labute approximate surface area is 205 Å². The number of ether oxygens (including phenoxy) is 1. The van der Waals surface area contributed by atoms with E-state index in [4.69, 9.17) is 14.4 Å². The van der Waals surface area contributed by atoms with Crippen LogP contribution >= 0.6 is 0 Å². The monoisotopic (exact) mass is 492 g/mol. The van der Waals surface area contributed by atoms with Crippen molar-refractivity contribution in [3.05, 3.63) is 95.3 Å². The Bertz CT molecular complexity index is 1400. The van der Waals surface area contributed by atoms with Crippen molar-refractivity contribution in [2.75, 3.05) is 5.32 Å². The van der Waals surface area contributed by atoms with Gasteiger partial charge in [-0.25, -0.2) is 13.6 Å². The molecule has 1 amide bonds. The summed E-state index contributed by atoms with van der Waals surface area (Å²) in [4.78, 5) is 23.4. The van der Waals surface area contributed by atoms with Gasteiger partial charge in [0.2, 0.25) is 0 Å². The molecule has 4 rings (SSSR count). The van der Waals surface area contributed by atoms with Gasteiger partial charge in [0.25, 0.3) is 0 Å². The van der Waals surface area contributed by atoms with Crippen LogP contribution in [-0.4, -0.2) is 22.3 Å². The third kappa shape index (κ3) is 5.57. The number of anilines is 1. The molecular weight excluding hydrogens is 470 g/mol. The van der Waals surface area contributed by atoms with Crippen molar-refractivity contribution in [3.63, 3.8) is 0 Å². The number of carboxylic acid groups (broad SMARTS) is 1. The van der Waals surface area contributed by atoms with Crippen molar-refractivity contribution in [2.45, 2.75) is 26.4 Å². The highest BCUT2D eigenvalue weighted by Crippen LogP contribution is 2.32. The van der Waals surface area contributed by atoms with Gasteiger partial charge in [-0.2, -0.15) is 0 Å². The summed E-state index contributed by atoms with van der Waals surface area (Å²) in [6.45, 7) is 3.06. The minimum atomic E-state index is -1.04. The molecule has 7 nitrogen and oxygen atoms in total. The number of hydrogen-bond acceptors (Lipinski definition) is 5. The summed E-state index contributed by atoms with van der Waals surface area (Å²) in [6, 6.07) is 17.5. The van der Waals surface area contributed by atoms with E-state index in [0.717, 1.165) is 29.3 Å². The van der Waals surface area contributed by atoms with Gasteiger partial charge < -0.3 is 14.4 Å². The minimum Gasteiger partial charge on any atom is -0.481 e. The molecule has 1 atom stereocenters. The molecule has 2 N–H and O–H groups in total. The van der Waals surface area contributed by atoms with E-state index in [9.17, 15) is 18.4 Å². The van der Waals surface area contributed by atoms with Crippen LogP contribution in [0.25, 0.3) is 22.4 Å². The predicted molar refractivity (Wildman–Crippen MR) is 128 cm³/mol. The standard InChI is InChI=1S/C27H22F2N2O5/c1-15(22-14-21(28)11-12-23(22)29)35-27(34)30-25-16(2)36-31-26(25)20-9-7-19(8-10-20)18-5-3-17(4-6-18)13-24(32)33/h3-12,14-15H,13H2,1-2H3,(H,30,34)(H,32,33). The molecule has 1 heterocycles. The molecule has 0 bridgehead atoms. The maximum Gasteiger partial charge on any atom is 0.412 e. The van der Waals surface area contributed by atoms with Crippen LogP contribution in [0.2, 0.25) is 0 Å². The molecule has 0 aliphatic rings. The molecule has 0 saturated heterocycles. The highest BCUT2D eigenvalue weighted by Gasteiger charge is 2.21. The fraction of sp³-hybridized carbons (Fsp3) is 0.148. The number of halogens is 2. The molecule has 36 heavy (non-hydrogen) atoms. The van der Waals surface area contributed by atoms with Crippen LogP contribution in [0.5, 0.6) is 0 Å². The number of carbonyl (C=O) groups is 2. The number of aliphatic carboxylic acids is 1. The first kappa shape index (κ1) is 24.6. The van der Waals surface area contributed by atoms with Gasteiger partial charge in [-0.15, -0.1) is 0 Å². The first-order valence-electron chi connectivity index (χ1n) is 11.0. The quantitative estimate of drug-likeness (QED) is 0.304. The van der Waals surface area contributed by atoms with Crippen LogP contribution in [-0.2, 0) is 16.0 Å². The molecule has 0 radical (unpaired) electrons. The molecule has 9 heteroatoms. The number of benzene rings is 3. The van der Waals surface area contributed by atoms with Gasteiger partial charge in [-0.1, -0.05) is 53.7 Å². The van der Waals surface area contributed by atoms with Gasteiger partial charge in [-0.05, 0) is 48.7 Å². The fourth-order valence-corrected chi connectivity index (χ4v) is 3.71. The van der Waals surface area contributed by atoms with Crippen molar-refractivity contribution in [1.82, 2.24) is 5.16 Å². The molecule has 1 unspecified atom stereocenters. The van der Waals surface area contributed by atoms with E-state index in [0.29, 0.717) is 22.6 Å². The number of aromatic nitrogens is 1. The fourth-order valence-electron chi connectivity index (χ4n) is 3.71. The van der Waals surface area contributed by atoms with Crippen LogP contribution in [0.4, 0.5) is 19.3 Å². The number of amides is 1. The normalized spacial score (nSPS) is 11.7. The average molecular weight is 492 g/mol. The van der Waals surface area contributed by atoms with Gasteiger partial charge in [0.1, 0.15) is 29.1 Å². The third-order valence-electron chi connectivity index (χ3n) is 5.57. The van der Waals surface area contributed by atoms with Crippen LogP contribution in [0.3, 0.4) is 0 Å². The Morgan fingerprint density at radius 1 is 1.00 bits per heavy atom. The summed E-state index contributed by atoms with van der Waals surface area (Å²) in [5.74, 6) is -1.88. The first-order valence-corrected chi connectivity index (χ1v) is 11.0. The molecule has 0 fully saturated rings. The maximum absolute atomic E-state index is 14.0. The van der Waals surface area contributed by atoms with E-state index in [1.807, 2.05) is 24.3 Å². The largest absolute Gasteiger partial charge is 0.481 e. The lowest BCUT2D eigenvalue weighted by Gasteiger charge is -2.15. The second-order valence-electron chi connectivity index (χ2n) is 8.15.